The quantitative estimate of drug-likeness (QED) is 0.608. The van der Waals surface area contributed by atoms with Crippen molar-refractivity contribution in [2.45, 2.75) is 25.6 Å². The maximum absolute atomic E-state index is 13.7. The van der Waals surface area contributed by atoms with Crippen molar-refractivity contribution in [2.24, 2.45) is 0 Å². The van der Waals surface area contributed by atoms with E-state index in [1.807, 2.05) is 0 Å². The Hall–Kier alpha value is -3.76. The predicted molar refractivity (Wildman–Crippen MR) is 106 cm³/mol. The van der Waals surface area contributed by atoms with Gasteiger partial charge in [0, 0.05) is 25.2 Å². The van der Waals surface area contributed by atoms with Crippen LogP contribution in [0.3, 0.4) is 0 Å². The van der Waals surface area contributed by atoms with E-state index in [1.54, 1.807) is 29.2 Å². The number of rotatable bonds is 5. The van der Waals surface area contributed by atoms with Gasteiger partial charge >= 0.3 is 6.18 Å². The summed E-state index contributed by atoms with van der Waals surface area (Å²) >= 11 is 0. The van der Waals surface area contributed by atoms with Crippen LogP contribution in [-0.4, -0.2) is 33.4 Å². The Bertz CT molecular complexity index is 1160. The average molecular weight is 447 g/mol. The highest BCUT2D eigenvalue weighted by Gasteiger charge is 2.42. The molecule has 0 bridgehead atoms. The van der Waals surface area contributed by atoms with Gasteiger partial charge in [0.15, 0.2) is 11.4 Å². The first kappa shape index (κ1) is 21.5. The highest BCUT2D eigenvalue weighted by molar-refractivity contribution is 5.95. The van der Waals surface area contributed by atoms with Crippen molar-refractivity contribution < 1.29 is 27.2 Å². The molecule has 1 fully saturated rings. The molecular formula is C21H17F4N5O2. The van der Waals surface area contributed by atoms with Crippen LogP contribution in [0.2, 0.25) is 0 Å². The Balaban J connectivity index is 1.55. The second-order valence-corrected chi connectivity index (χ2v) is 7.17. The zero-order valence-electron chi connectivity index (χ0n) is 16.6. The van der Waals surface area contributed by atoms with Crippen LogP contribution in [0.15, 0.2) is 48.5 Å². The largest absolute Gasteiger partial charge is 0.435 e. The van der Waals surface area contributed by atoms with E-state index in [-0.39, 0.29) is 18.1 Å². The predicted octanol–water partition coefficient (Wildman–Crippen LogP) is 3.48. The SMILES string of the molecule is O=C(NCc1cccc(N2CCCC2=O)c1)c1nnn(-c2ccc(F)cc2)c1C(F)(F)F. The van der Waals surface area contributed by atoms with Crippen molar-refractivity contribution in [1.82, 2.24) is 20.3 Å². The van der Waals surface area contributed by atoms with Gasteiger partial charge in [-0.3, -0.25) is 9.59 Å². The van der Waals surface area contributed by atoms with Gasteiger partial charge in [-0.1, -0.05) is 17.3 Å². The van der Waals surface area contributed by atoms with Crippen molar-refractivity contribution in [1.29, 1.82) is 0 Å². The highest BCUT2D eigenvalue weighted by atomic mass is 19.4. The Morgan fingerprint density at radius 2 is 1.84 bits per heavy atom. The Kier molecular flexibility index (Phi) is 5.64. The molecule has 1 saturated heterocycles. The summed E-state index contributed by atoms with van der Waals surface area (Å²) in [6.07, 6.45) is -3.71. The molecule has 32 heavy (non-hydrogen) atoms. The topological polar surface area (TPSA) is 80.1 Å². The number of aromatic nitrogens is 3. The number of carbonyl (C=O) groups excluding carboxylic acids is 2. The smallest absolute Gasteiger partial charge is 0.346 e. The molecule has 11 heteroatoms. The molecular weight excluding hydrogens is 430 g/mol. The number of carbonyl (C=O) groups is 2. The number of nitrogens with zero attached hydrogens (tertiary/aromatic N) is 4. The van der Waals surface area contributed by atoms with Crippen LogP contribution in [0.4, 0.5) is 23.2 Å². The zero-order valence-corrected chi connectivity index (χ0v) is 16.6. The maximum atomic E-state index is 13.7. The van der Waals surface area contributed by atoms with Crippen molar-refractivity contribution in [3.05, 3.63) is 71.3 Å². The number of alkyl halides is 3. The summed E-state index contributed by atoms with van der Waals surface area (Å²) in [7, 11) is 0. The lowest BCUT2D eigenvalue weighted by atomic mass is 10.2. The van der Waals surface area contributed by atoms with Gasteiger partial charge in [0.1, 0.15) is 5.82 Å². The summed E-state index contributed by atoms with van der Waals surface area (Å²) in [6, 6.07) is 11.0. The molecule has 4 rings (SSSR count). The Morgan fingerprint density at radius 1 is 1.09 bits per heavy atom. The van der Waals surface area contributed by atoms with Gasteiger partial charge in [-0.2, -0.15) is 13.2 Å². The summed E-state index contributed by atoms with van der Waals surface area (Å²) in [5, 5.41) is 9.28. The second-order valence-electron chi connectivity index (χ2n) is 7.17. The van der Waals surface area contributed by atoms with Gasteiger partial charge in [-0.05, 0) is 48.4 Å². The zero-order chi connectivity index (χ0) is 22.9. The van der Waals surface area contributed by atoms with E-state index in [9.17, 15) is 27.2 Å². The summed E-state index contributed by atoms with van der Waals surface area (Å²) in [6.45, 7) is 0.519. The summed E-state index contributed by atoms with van der Waals surface area (Å²) in [4.78, 5) is 26.1. The van der Waals surface area contributed by atoms with Crippen LogP contribution < -0.4 is 10.2 Å². The summed E-state index contributed by atoms with van der Waals surface area (Å²) in [5.74, 6) is -1.69. The molecule has 166 valence electrons. The molecule has 0 unspecified atom stereocenters. The molecule has 0 aliphatic carbocycles. The molecule has 1 aliphatic rings. The van der Waals surface area contributed by atoms with Gasteiger partial charge in [0.2, 0.25) is 5.91 Å². The van der Waals surface area contributed by atoms with E-state index in [1.165, 1.54) is 0 Å². The van der Waals surface area contributed by atoms with Crippen LogP contribution in [0.1, 0.15) is 34.6 Å². The van der Waals surface area contributed by atoms with Crippen LogP contribution in [0.5, 0.6) is 0 Å². The minimum atomic E-state index is -4.93. The average Bonchev–Trinajstić information content (AvgIpc) is 3.39. The Morgan fingerprint density at radius 3 is 2.50 bits per heavy atom. The van der Waals surface area contributed by atoms with E-state index >= 15 is 0 Å². The number of nitrogens with one attached hydrogen (secondary N) is 1. The third-order valence-corrected chi connectivity index (χ3v) is 4.97. The molecule has 1 aromatic heterocycles. The van der Waals surface area contributed by atoms with Gasteiger partial charge in [0.25, 0.3) is 5.91 Å². The fourth-order valence-corrected chi connectivity index (χ4v) is 3.47. The normalized spacial score (nSPS) is 14.1. The van der Waals surface area contributed by atoms with Crippen LogP contribution in [-0.2, 0) is 17.5 Å². The van der Waals surface area contributed by atoms with E-state index in [0.717, 1.165) is 30.7 Å². The molecule has 3 aromatic rings. The van der Waals surface area contributed by atoms with Crippen molar-refractivity contribution in [2.75, 3.05) is 11.4 Å². The number of anilines is 1. The minimum Gasteiger partial charge on any atom is -0.346 e. The molecule has 2 heterocycles. The van der Waals surface area contributed by atoms with Gasteiger partial charge in [-0.25, -0.2) is 9.07 Å². The molecule has 0 saturated carbocycles. The monoisotopic (exact) mass is 447 g/mol. The van der Waals surface area contributed by atoms with Gasteiger partial charge in [-0.15, -0.1) is 5.10 Å². The molecule has 1 aliphatic heterocycles. The van der Waals surface area contributed by atoms with E-state index in [0.29, 0.717) is 28.9 Å². The van der Waals surface area contributed by atoms with E-state index in [4.69, 9.17) is 0 Å². The van der Waals surface area contributed by atoms with Crippen LogP contribution in [0, 0.1) is 5.82 Å². The standard InChI is InChI=1S/C21H17F4N5O2/c22-14-6-8-15(9-7-14)30-19(21(23,24)25)18(27-28-30)20(32)26-12-13-3-1-4-16(11-13)29-10-2-5-17(29)31/h1,3-4,6-9,11H,2,5,10,12H2,(H,26,32). The number of halogens is 4. The van der Waals surface area contributed by atoms with Crippen molar-refractivity contribution >= 4 is 17.5 Å². The molecule has 2 aromatic carbocycles. The first-order valence-corrected chi connectivity index (χ1v) is 9.70. The molecule has 2 amide bonds. The lowest BCUT2D eigenvalue weighted by Gasteiger charge is -2.16. The number of hydrogen-bond donors (Lipinski definition) is 1. The third kappa shape index (κ3) is 4.32. The fraction of sp³-hybridized carbons (Fsp3) is 0.238. The Labute approximate surface area is 179 Å². The molecule has 0 atom stereocenters. The maximum Gasteiger partial charge on any atom is 0.435 e. The molecule has 7 nitrogen and oxygen atoms in total. The number of hydrogen-bond acceptors (Lipinski definition) is 4. The molecule has 0 spiro atoms. The molecule has 1 N–H and O–H groups in total. The lowest BCUT2D eigenvalue weighted by Crippen LogP contribution is -2.27. The fourth-order valence-electron chi connectivity index (χ4n) is 3.47. The van der Waals surface area contributed by atoms with Crippen LogP contribution in [0.25, 0.3) is 5.69 Å². The number of amides is 2. The van der Waals surface area contributed by atoms with E-state index < -0.39 is 29.3 Å². The summed E-state index contributed by atoms with van der Waals surface area (Å²) < 4.78 is 54.7. The highest BCUT2D eigenvalue weighted by Crippen LogP contribution is 2.32. The number of benzene rings is 2. The molecule has 0 radical (unpaired) electrons. The first-order valence-electron chi connectivity index (χ1n) is 9.70. The van der Waals surface area contributed by atoms with E-state index in [2.05, 4.69) is 15.6 Å². The second kappa shape index (κ2) is 8.40. The third-order valence-electron chi connectivity index (χ3n) is 4.97. The van der Waals surface area contributed by atoms with Crippen molar-refractivity contribution in [3.8, 4) is 5.69 Å². The minimum absolute atomic E-state index is 0.00147. The first-order chi connectivity index (χ1) is 15.2. The van der Waals surface area contributed by atoms with Gasteiger partial charge in [0.05, 0.1) is 5.69 Å². The summed E-state index contributed by atoms with van der Waals surface area (Å²) in [5.41, 5.74) is -1.08. The lowest BCUT2D eigenvalue weighted by molar-refractivity contribution is -0.143. The van der Waals surface area contributed by atoms with Crippen molar-refractivity contribution in [3.63, 3.8) is 0 Å². The van der Waals surface area contributed by atoms with Gasteiger partial charge < -0.3 is 10.2 Å². The van der Waals surface area contributed by atoms with Crippen LogP contribution >= 0.6 is 0 Å².